The molecule has 0 N–H and O–H groups in total. The van der Waals surface area contributed by atoms with Crippen LogP contribution < -0.4 is 0 Å². The summed E-state index contributed by atoms with van der Waals surface area (Å²) in [4.78, 5) is 0. The van der Waals surface area contributed by atoms with Gasteiger partial charge in [-0.15, -0.1) is 0 Å². The molecule has 1 heterocycles. The molecule has 0 unspecified atom stereocenters. The average molecular weight is 156 g/mol. The highest BCUT2D eigenvalue weighted by atomic mass is 15.5. The van der Waals surface area contributed by atoms with Gasteiger partial charge >= 0.3 is 0 Å². The van der Waals surface area contributed by atoms with E-state index in [0.29, 0.717) is 0 Å². The second kappa shape index (κ2) is 3.57. The second-order valence-corrected chi connectivity index (χ2v) is 4.36. The molecule has 1 nitrogen and oxygen atoms in total. The van der Waals surface area contributed by atoms with Crippen molar-refractivity contribution in [1.82, 2.24) is 0 Å². The Kier molecular flexibility index (Phi) is 2.94. The summed E-state index contributed by atoms with van der Waals surface area (Å²) in [5.74, 6) is 0.895. The van der Waals surface area contributed by atoms with Crippen LogP contribution in [0.2, 0.25) is 0 Å². The fourth-order valence-electron chi connectivity index (χ4n) is 1.67. The Morgan fingerprint density at radius 2 is 1.91 bits per heavy atom. The monoisotopic (exact) mass is 156 g/mol. The summed E-state index contributed by atoms with van der Waals surface area (Å²) in [7, 11) is 0. The highest BCUT2D eigenvalue weighted by Gasteiger charge is 2.38. The van der Waals surface area contributed by atoms with Gasteiger partial charge in [0.1, 0.15) is 13.1 Å². The molecular weight excluding hydrogens is 134 g/mol. The maximum absolute atomic E-state index is 2.32. The molecule has 0 spiro atoms. The molecule has 1 rings (SSSR count). The number of likely N-dealkylation sites (N-methyl/N-ethyl adjacent to an activating group) is 1. The first-order chi connectivity index (χ1) is 5.18. The van der Waals surface area contributed by atoms with Crippen molar-refractivity contribution in [2.45, 2.75) is 33.6 Å². The van der Waals surface area contributed by atoms with E-state index in [1.807, 2.05) is 0 Å². The van der Waals surface area contributed by atoms with Crippen molar-refractivity contribution in [3.05, 3.63) is 0 Å². The van der Waals surface area contributed by atoms with Crippen LogP contribution in [-0.2, 0) is 0 Å². The molecule has 1 heteroatoms. The lowest BCUT2D eigenvalue weighted by molar-refractivity contribution is -0.797. The van der Waals surface area contributed by atoms with Crippen LogP contribution >= 0.6 is 0 Å². The van der Waals surface area contributed by atoms with E-state index in [2.05, 4.69) is 20.8 Å². The molecule has 0 radical (unpaired) electrons. The first-order valence-electron chi connectivity index (χ1n) is 5.03. The fraction of sp³-hybridized carbons (Fsp3) is 1.00. The summed E-state index contributed by atoms with van der Waals surface area (Å²) in [6.07, 6.45) is 2.85. The van der Waals surface area contributed by atoms with E-state index in [1.165, 1.54) is 43.5 Å². The molecule has 0 aromatic heterocycles. The van der Waals surface area contributed by atoms with Crippen LogP contribution in [0.1, 0.15) is 33.6 Å². The summed E-state index contributed by atoms with van der Waals surface area (Å²) in [6, 6.07) is 0. The molecule has 0 atom stereocenters. The zero-order valence-electron chi connectivity index (χ0n) is 8.27. The van der Waals surface area contributed by atoms with Crippen molar-refractivity contribution in [1.29, 1.82) is 0 Å². The standard InChI is InChI=1S/C10H22N/c1-4-11(8-9-11)7-5-6-10(2)3/h10H,4-9H2,1-3H3/q+1. The van der Waals surface area contributed by atoms with E-state index in [4.69, 9.17) is 0 Å². The van der Waals surface area contributed by atoms with Crippen molar-refractivity contribution in [3.8, 4) is 0 Å². The Labute approximate surface area is 71.0 Å². The van der Waals surface area contributed by atoms with Gasteiger partial charge < -0.3 is 4.48 Å². The van der Waals surface area contributed by atoms with E-state index < -0.39 is 0 Å². The van der Waals surface area contributed by atoms with Gasteiger partial charge in [0.15, 0.2) is 0 Å². The molecular formula is C10H22N+. The molecule has 1 aliphatic heterocycles. The number of hydrogen-bond acceptors (Lipinski definition) is 0. The van der Waals surface area contributed by atoms with Gasteiger partial charge in [-0.05, 0) is 25.7 Å². The van der Waals surface area contributed by atoms with Gasteiger partial charge in [-0.2, -0.15) is 0 Å². The van der Waals surface area contributed by atoms with Gasteiger partial charge in [-0.1, -0.05) is 13.8 Å². The smallest absolute Gasteiger partial charge is 0.129 e. The average Bonchev–Trinajstić information content (AvgIpc) is 2.69. The molecule has 1 aliphatic rings. The third kappa shape index (κ3) is 2.82. The fourth-order valence-corrected chi connectivity index (χ4v) is 1.67. The molecule has 0 saturated carbocycles. The number of rotatable bonds is 5. The Bertz CT molecular complexity index is 114. The lowest BCUT2D eigenvalue weighted by Gasteiger charge is -2.16. The molecule has 0 aromatic carbocycles. The summed E-state index contributed by atoms with van der Waals surface area (Å²) < 4.78 is 1.42. The maximum Gasteiger partial charge on any atom is 0.129 e. The van der Waals surface area contributed by atoms with Crippen LogP contribution in [0.25, 0.3) is 0 Å². The number of nitrogens with zero attached hydrogens (tertiary/aromatic N) is 1. The maximum atomic E-state index is 2.32. The topological polar surface area (TPSA) is 0 Å². The van der Waals surface area contributed by atoms with Crippen LogP contribution in [0.3, 0.4) is 0 Å². The molecule has 0 aliphatic carbocycles. The van der Waals surface area contributed by atoms with Crippen molar-refractivity contribution in [3.63, 3.8) is 0 Å². The predicted octanol–water partition coefficient (Wildman–Crippen LogP) is 2.27. The van der Waals surface area contributed by atoms with Gasteiger partial charge in [0.05, 0.1) is 13.1 Å². The largest absolute Gasteiger partial charge is 0.315 e. The zero-order valence-corrected chi connectivity index (χ0v) is 8.27. The Morgan fingerprint density at radius 1 is 1.27 bits per heavy atom. The molecule has 0 bridgehead atoms. The first-order valence-corrected chi connectivity index (χ1v) is 5.03. The zero-order chi connectivity index (χ0) is 8.32. The minimum Gasteiger partial charge on any atom is -0.315 e. The molecule has 1 saturated heterocycles. The van der Waals surface area contributed by atoms with Crippen molar-refractivity contribution >= 4 is 0 Å². The number of hydrogen-bond donors (Lipinski definition) is 0. The lowest BCUT2D eigenvalue weighted by atomic mass is 10.1. The molecule has 0 amide bonds. The molecule has 11 heavy (non-hydrogen) atoms. The van der Waals surface area contributed by atoms with Crippen molar-refractivity contribution in [2.24, 2.45) is 5.92 Å². The van der Waals surface area contributed by atoms with E-state index in [1.54, 1.807) is 0 Å². The highest BCUT2D eigenvalue weighted by molar-refractivity contribution is 4.56. The van der Waals surface area contributed by atoms with Crippen LogP contribution in [-0.4, -0.2) is 30.7 Å². The third-order valence-electron chi connectivity index (χ3n) is 2.94. The van der Waals surface area contributed by atoms with Crippen LogP contribution in [0.5, 0.6) is 0 Å². The summed E-state index contributed by atoms with van der Waals surface area (Å²) in [6.45, 7) is 12.7. The van der Waals surface area contributed by atoms with E-state index in [-0.39, 0.29) is 0 Å². The van der Waals surface area contributed by atoms with Crippen LogP contribution in [0.15, 0.2) is 0 Å². The first kappa shape index (κ1) is 9.05. The Hall–Kier alpha value is -0.0400. The summed E-state index contributed by atoms with van der Waals surface area (Å²) >= 11 is 0. The third-order valence-corrected chi connectivity index (χ3v) is 2.94. The minimum absolute atomic E-state index is 0.895. The normalized spacial score (nSPS) is 20.7. The van der Waals surface area contributed by atoms with Gasteiger partial charge in [0, 0.05) is 0 Å². The van der Waals surface area contributed by atoms with E-state index in [9.17, 15) is 0 Å². The summed E-state index contributed by atoms with van der Waals surface area (Å²) in [5.41, 5.74) is 0. The lowest BCUT2D eigenvalue weighted by Crippen LogP contribution is -2.26. The molecule has 1 fully saturated rings. The van der Waals surface area contributed by atoms with Crippen molar-refractivity contribution < 1.29 is 4.48 Å². The quantitative estimate of drug-likeness (QED) is 0.423. The molecule has 66 valence electrons. The second-order valence-electron chi connectivity index (χ2n) is 4.36. The minimum atomic E-state index is 0.895. The summed E-state index contributed by atoms with van der Waals surface area (Å²) in [5, 5.41) is 0. The SMILES string of the molecule is CC[N+]1(CCCC(C)C)CC1. The van der Waals surface area contributed by atoms with Crippen LogP contribution in [0, 0.1) is 5.92 Å². The van der Waals surface area contributed by atoms with Crippen molar-refractivity contribution in [2.75, 3.05) is 26.2 Å². The Balaban J connectivity index is 2.03. The van der Waals surface area contributed by atoms with E-state index >= 15 is 0 Å². The predicted molar refractivity (Wildman–Crippen MR) is 49.5 cm³/mol. The molecule has 0 aromatic rings. The Morgan fingerprint density at radius 3 is 2.27 bits per heavy atom. The van der Waals surface area contributed by atoms with Crippen LogP contribution in [0.4, 0.5) is 0 Å². The highest BCUT2D eigenvalue weighted by Crippen LogP contribution is 2.21. The van der Waals surface area contributed by atoms with Gasteiger partial charge in [0.25, 0.3) is 0 Å². The number of quaternary nitrogens is 1. The van der Waals surface area contributed by atoms with Gasteiger partial charge in [0.2, 0.25) is 0 Å². The van der Waals surface area contributed by atoms with Gasteiger partial charge in [-0.3, -0.25) is 0 Å². The van der Waals surface area contributed by atoms with E-state index in [0.717, 1.165) is 5.92 Å². The van der Waals surface area contributed by atoms with Gasteiger partial charge in [-0.25, -0.2) is 0 Å².